The fourth-order valence-electron chi connectivity index (χ4n) is 2.46. The Morgan fingerprint density at radius 3 is 2.67 bits per heavy atom. The van der Waals surface area contributed by atoms with E-state index in [1.54, 1.807) is 0 Å². The normalized spacial score (nSPS) is 21.4. The zero-order chi connectivity index (χ0) is 12.6. The maximum Gasteiger partial charge on any atom is 0.150 e. The molecule has 1 heterocycles. The molecule has 18 heavy (non-hydrogen) atoms. The van der Waals surface area contributed by atoms with Crippen molar-refractivity contribution >= 4 is 11.6 Å². The number of hydrogen-bond donors (Lipinski definition) is 1. The van der Waals surface area contributed by atoms with E-state index in [1.807, 2.05) is 36.4 Å². The largest absolute Gasteiger partial charge is 0.481 e. The Hall–Kier alpha value is -1.51. The maximum absolute atomic E-state index is 6.10. The lowest BCUT2D eigenvalue weighted by molar-refractivity contribution is 0.103. The number of benzene rings is 2. The zero-order valence-corrected chi connectivity index (χ0v) is 10.7. The molecule has 3 rings (SSSR count). The quantitative estimate of drug-likeness (QED) is 0.899. The highest BCUT2D eigenvalue weighted by Crippen LogP contribution is 2.41. The van der Waals surface area contributed by atoms with Crippen molar-refractivity contribution in [3.8, 4) is 5.75 Å². The van der Waals surface area contributed by atoms with Gasteiger partial charge in [0.2, 0.25) is 0 Å². The Bertz CT molecular complexity index is 570. The van der Waals surface area contributed by atoms with E-state index in [0.717, 1.165) is 23.3 Å². The molecule has 3 heteroatoms. The smallest absolute Gasteiger partial charge is 0.150 e. The van der Waals surface area contributed by atoms with E-state index in [1.165, 1.54) is 0 Å². The van der Waals surface area contributed by atoms with Crippen molar-refractivity contribution in [2.75, 3.05) is 6.54 Å². The fourth-order valence-corrected chi connectivity index (χ4v) is 2.62. The molecule has 0 saturated heterocycles. The van der Waals surface area contributed by atoms with Gasteiger partial charge in [-0.15, -0.1) is 0 Å². The summed E-state index contributed by atoms with van der Waals surface area (Å²) in [5, 5.41) is 0.689. The zero-order valence-electron chi connectivity index (χ0n) is 9.90. The van der Waals surface area contributed by atoms with Gasteiger partial charge >= 0.3 is 0 Å². The lowest BCUT2D eigenvalue weighted by Crippen LogP contribution is -2.39. The summed E-state index contributed by atoms with van der Waals surface area (Å²) in [6.07, 6.45) is 0.792. The summed E-state index contributed by atoms with van der Waals surface area (Å²) < 4.78 is 6.10. The number of halogens is 1. The Morgan fingerprint density at radius 2 is 1.94 bits per heavy atom. The predicted octanol–water partition coefficient (Wildman–Crippen LogP) is 3.13. The summed E-state index contributed by atoms with van der Waals surface area (Å²) in [6, 6.07) is 15.9. The predicted molar refractivity (Wildman–Crippen MR) is 73.0 cm³/mol. The molecule has 92 valence electrons. The van der Waals surface area contributed by atoms with Gasteiger partial charge < -0.3 is 10.5 Å². The van der Waals surface area contributed by atoms with Gasteiger partial charge in [-0.2, -0.15) is 0 Å². The Kier molecular flexibility index (Phi) is 2.77. The highest BCUT2D eigenvalue weighted by atomic mass is 35.5. The molecule has 0 amide bonds. The molecule has 0 saturated carbocycles. The highest BCUT2D eigenvalue weighted by Gasteiger charge is 2.39. The minimum atomic E-state index is -0.450. The molecule has 0 aromatic heterocycles. The Morgan fingerprint density at radius 1 is 1.17 bits per heavy atom. The van der Waals surface area contributed by atoms with Crippen LogP contribution in [0.15, 0.2) is 48.5 Å². The van der Waals surface area contributed by atoms with Gasteiger partial charge in [0, 0.05) is 18.0 Å². The standard InChI is InChI=1S/C15H14ClNO/c16-13-7-6-11-9-15(10-17,18-14(11)8-13)12-4-2-1-3-5-12/h1-8H,9-10,17H2. The first kappa shape index (κ1) is 11.6. The number of fused-ring (bicyclic) bond motifs is 1. The van der Waals surface area contributed by atoms with Crippen LogP contribution in [-0.2, 0) is 12.0 Å². The molecule has 0 aliphatic carbocycles. The monoisotopic (exact) mass is 259 g/mol. The Balaban J connectivity index is 2.03. The first-order valence-electron chi connectivity index (χ1n) is 5.96. The van der Waals surface area contributed by atoms with Gasteiger partial charge in [0.25, 0.3) is 0 Å². The van der Waals surface area contributed by atoms with Crippen LogP contribution < -0.4 is 10.5 Å². The first-order chi connectivity index (χ1) is 8.73. The lowest BCUT2D eigenvalue weighted by Gasteiger charge is -2.27. The Labute approximate surface area is 111 Å². The summed E-state index contributed by atoms with van der Waals surface area (Å²) >= 11 is 5.99. The lowest BCUT2D eigenvalue weighted by atomic mass is 9.89. The van der Waals surface area contributed by atoms with Crippen molar-refractivity contribution < 1.29 is 4.74 Å². The minimum absolute atomic E-state index is 0.448. The van der Waals surface area contributed by atoms with Gasteiger partial charge in [-0.1, -0.05) is 48.0 Å². The van der Waals surface area contributed by atoms with Crippen LogP contribution >= 0.6 is 11.6 Å². The van der Waals surface area contributed by atoms with E-state index in [4.69, 9.17) is 22.1 Å². The molecule has 2 aromatic carbocycles. The maximum atomic E-state index is 6.10. The molecule has 2 nitrogen and oxygen atoms in total. The molecule has 2 aromatic rings. The minimum Gasteiger partial charge on any atom is -0.481 e. The van der Waals surface area contributed by atoms with Crippen LogP contribution in [0.1, 0.15) is 11.1 Å². The van der Waals surface area contributed by atoms with E-state index in [2.05, 4.69) is 12.1 Å². The van der Waals surface area contributed by atoms with E-state index in [9.17, 15) is 0 Å². The van der Waals surface area contributed by atoms with E-state index in [-0.39, 0.29) is 0 Å². The fraction of sp³-hybridized carbons (Fsp3) is 0.200. The molecule has 1 atom stereocenters. The average Bonchev–Trinajstić information content (AvgIpc) is 2.79. The molecular formula is C15H14ClNO. The topological polar surface area (TPSA) is 35.2 Å². The number of ether oxygens (including phenoxy) is 1. The van der Waals surface area contributed by atoms with Crippen LogP contribution in [0.25, 0.3) is 0 Å². The van der Waals surface area contributed by atoms with E-state index < -0.39 is 5.60 Å². The molecule has 0 spiro atoms. The first-order valence-corrected chi connectivity index (χ1v) is 6.34. The second kappa shape index (κ2) is 4.30. The average molecular weight is 260 g/mol. The summed E-state index contributed by atoms with van der Waals surface area (Å²) in [6.45, 7) is 0.448. The van der Waals surface area contributed by atoms with Crippen molar-refractivity contribution in [3.63, 3.8) is 0 Å². The molecule has 1 unspecified atom stereocenters. The highest BCUT2D eigenvalue weighted by molar-refractivity contribution is 6.30. The van der Waals surface area contributed by atoms with Gasteiger partial charge in [0.1, 0.15) is 5.75 Å². The molecule has 0 bridgehead atoms. The number of rotatable bonds is 2. The van der Waals surface area contributed by atoms with Crippen molar-refractivity contribution in [2.24, 2.45) is 5.73 Å². The second-order valence-electron chi connectivity index (χ2n) is 4.60. The van der Waals surface area contributed by atoms with Gasteiger partial charge in [-0.05, 0) is 23.3 Å². The third-order valence-electron chi connectivity index (χ3n) is 3.44. The van der Waals surface area contributed by atoms with E-state index in [0.29, 0.717) is 11.6 Å². The van der Waals surface area contributed by atoms with Crippen molar-refractivity contribution in [2.45, 2.75) is 12.0 Å². The molecule has 2 N–H and O–H groups in total. The summed E-state index contributed by atoms with van der Waals surface area (Å²) in [5.41, 5.74) is 7.78. The van der Waals surface area contributed by atoms with Crippen molar-refractivity contribution in [1.29, 1.82) is 0 Å². The third kappa shape index (κ3) is 1.78. The van der Waals surface area contributed by atoms with Crippen LogP contribution in [0.5, 0.6) is 5.75 Å². The van der Waals surface area contributed by atoms with Crippen molar-refractivity contribution in [1.82, 2.24) is 0 Å². The van der Waals surface area contributed by atoms with Crippen LogP contribution in [0.4, 0.5) is 0 Å². The molecular weight excluding hydrogens is 246 g/mol. The van der Waals surface area contributed by atoms with Crippen molar-refractivity contribution in [3.05, 3.63) is 64.7 Å². The third-order valence-corrected chi connectivity index (χ3v) is 3.68. The molecule has 0 fully saturated rings. The number of hydrogen-bond acceptors (Lipinski definition) is 2. The molecule has 1 aliphatic rings. The second-order valence-corrected chi connectivity index (χ2v) is 5.03. The molecule has 0 radical (unpaired) electrons. The molecule has 1 aliphatic heterocycles. The van der Waals surface area contributed by atoms with Gasteiger partial charge in [0.05, 0.1) is 0 Å². The van der Waals surface area contributed by atoms with Crippen LogP contribution in [0, 0.1) is 0 Å². The summed E-state index contributed by atoms with van der Waals surface area (Å²) in [7, 11) is 0. The summed E-state index contributed by atoms with van der Waals surface area (Å²) in [4.78, 5) is 0. The van der Waals surface area contributed by atoms with Crippen LogP contribution in [0.3, 0.4) is 0 Å². The summed E-state index contributed by atoms with van der Waals surface area (Å²) in [5.74, 6) is 0.844. The SMILES string of the molecule is NCC1(c2ccccc2)Cc2ccc(Cl)cc2O1. The number of nitrogens with two attached hydrogens (primary N) is 1. The van der Waals surface area contributed by atoms with E-state index >= 15 is 0 Å². The van der Waals surface area contributed by atoms with Gasteiger partial charge in [-0.25, -0.2) is 0 Å². The van der Waals surface area contributed by atoms with Crippen LogP contribution in [0.2, 0.25) is 5.02 Å². The van der Waals surface area contributed by atoms with Gasteiger partial charge in [0.15, 0.2) is 5.60 Å². The van der Waals surface area contributed by atoms with Gasteiger partial charge in [-0.3, -0.25) is 0 Å². The van der Waals surface area contributed by atoms with Crippen LogP contribution in [-0.4, -0.2) is 6.54 Å².